The molecule has 5 heteroatoms. The van der Waals surface area contributed by atoms with Crippen LogP contribution in [0, 0.1) is 18.3 Å². The van der Waals surface area contributed by atoms with Gasteiger partial charge in [-0.15, -0.1) is 0 Å². The molecule has 1 fully saturated rings. The van der Waals surface area contributed by atoms with Gasteiger partial charge in [0.15, 0.2) is 0 Å². The van der Waals surface area contributed by atoms with Gasteiger partial charge in [0.2, 0.25) is 5.91 Å². The Kier molecular flexibility index (Phi) is 2.96. The maximum atomic E-state index is 11.6. The predicted molar refractivity (Wildman–Crippen MR) is 63.5 cm³/mol. The highest BCUT2D eigenvalue weighted by Gasteiger charge is 2.28. The second kappa shape index (κ2) is 4.42. The average molecular weight is 230 g/mol. The molecule has 17 heavy (non-hydrogen) atoms. The fraction of sp³-hybridized carbons (Fsp3) is 0.417. The van der Waals surface area contributed by atoms with E-state index >= 15 is 0 Å². The molecule has 88 valence electrons. The van der Waals surface area contributed by atoms with E-state index in [9.17, 15) is 4.79 Å². The Morgan fingerprint density at radius 1 is 1.65 bits per heavy atom. The smallest absolute Gasteiger partial charge is 0.242 e. The molecule has 1 aliphatic heterocycles. The minimum Gasteiger partial charge on any atom is -0.353 e. The zero-order valence-corrected chi connectivity index (χ0v) is 9.90. The molecule has 1 aromatic heterocycles. The number of hydrogen-bond acceptors (Lipinski definition) is 4. The number of carbonyl (C=O) groups is 1. The van der Waals surface area contributed by atoms with Crippen molar-refractivity contribution in [1.82, 2.24) is 10.3 Å². The first kappa shape index (κ1) is 11.4. The van der Waals surface area contributed by atoms with Crippen LogP contribution >= 0.6 is 0 Å². The van der Waals surface area contributed by atoms with Crippen molar-refractivity contribution in [2.45, 2.75) is 19.9 Å². The van der Waals surface area contributed by atoms with Gasteiger partial charge in [0.05, 0.1) is 5.56 Å². The fourth-order valence-corrected chi connectivity index (χ4v) is 1.97. The third-order valence-corrected chi connectivity index (χ3v) is 3.02. The molecule has 1 amide bonds. The van der Waals surface area contributed by atoms with Crippen LogP contribution in [0.4, 0.5) is 5.82 Å². The molecule has 1 aliphatic rings. The normalized spacial score (nSPS) is 19.7. The van der Waals surface area contributed by atoms with E-state index in [1.807, 2.05) is 18.7 Å². The van der Waals surface area contributed by atoms with Crippen LogP contribution < -0.4 is 10.2 Å². The van der Waals surface area contributed by atoms with E-state index in [0.717, 1.165) is 5.56 Å². The van der Waals surface area contributed by atoms with Crippen molar-refractivity contribution < 1.29 is 4.79 Å². The standard InChI is InChI=1S/C12H14N4O/c1-8-3-4-14-11(10(8)7-13)16-6-5-15-12(17)9(16)2/h3-4,9H,5-6H2,1-2H3,(H,15,17). The monoisotopic (exact) mass is 230 g/mol. The third kappa shape index (κ3) is 1.94. The molecule has 0 radical (unpaired) electrons. The van der Waals surface area contributed by atoms with Crippen molar-refractivity contribution in [2.75, 3.05) is 18.0 Å². The van der Waals surface area contributed by atoms with Crippen molar-refractivity contribution in [1.29, 1.82) is 5.26 Å². The zero-order chi connectivity index (χ0) is 12.4. The highest BCUT2D eigenvalue weighted by molar-refractivity contribution is 5.86. The van der Waals surface area contributed by atoms with Gasteiger partial charge in [-0.1, -0.05) is 0 Å². The van der Waals surface area contributed by atoms with Crippen molar-refractivity contribution in [3.63, 3.8) is 0 Å². The predicted octanol–water partition coefficient (Wildman–Crippen LogP) is 0.586. The van der Waals surface area contributed by atoms with Crippen LogP contribution in [0.5, 0.6) is 0 Å². The summed E-state index contributed by atoms with van der Waals surface area (Å²) in [5.41, 5.74) is 1.43. The number of pyridine rings is 1. The molecule has 0 aliphatic carbocycles. The molecule has 1 atom stereocenters. The van der Waals surface area contributed by atoms with E-state index in [1.165, 1.54) is 0 Å². The summed E-state index contributed by atoms with van der Waals surface area (Å²) < 4.78 is 0. The minimum atomic E-state index is -0.287. The van der Waals surface area contributed by atoms with E-state index in [0.29, 0.717) is 24.5 Å². The lowest BCUT2D eigenvalue weighted by molar-refractivity contribution is -0.122. The summed E-state index contributed by atoms with van der Waals surface area (Å²) >= 11 is 0. The van der Waals surface area contributed by atoms with Crippen molar-refractivity contribution >= 4 is 11.7 Å². The van der Waals surface area contributed by atoms with Gasteiger partial charge >= 0.3 is 0 Å². The summed E-state index contributed by atoms with van der Waals surface area (Å²) in [4.78, 5) is 17.7. The summed E-state index contributed by atoms with van der Waals surface area (Å²) in [5.74, 6) is 0.582. The number of nitrogens with zero attached hydrogens (tertiary/aromatic N) is 3. The fourth-order valence-electron chi connectivity index (χ4n) is 1.97. The maximum Gasteiger partial charge on any atom is 0.242 e. The summed E-state index contributed by atoms with van der Waals surface area (Å²) in [7, 11) is 0. The first-order valence-corrected chi connectivity index (χ1v) is 5.55. The summed E-state index contributed by atoms with van der Waals surface area (Å²) in [5, 5.41) is 12.0. The van der Waals surface area contributed by atoms with Crippen LogP contribution in [0.25, 0.3) is 0 Å². The lowest BCUT2D eigenvalue weighted by Gasteiger charge is -2.34. The molecule has 0 aromatic carbocycles. The number of nitrogens with one attached hydrogen (secondary N) is 1. The van der Waals surface area contributed by atoms with Crippen LogP contribution in [-0.4, -0.2) is 30.0 Å². The molecule has 1 saturated heterocycles. The number of nitriles is 1. The number of rotatable bonds is 1. The Labute approximate surface area is 100 Å². The molecule has 1 N–H and O–H groups in total. The van der Waals surface area contributed by atoms with Gasteiger partial charge in [0, 0.05) is 19.3 Å². The molecule has 0 saturated carbocycles. The second-order valence-corrected chi connectivity index (χ2v) is 4.10. The van der Waals surface area contributed by atoms with Crippen LogP contribution in [0.1, 0.15) is 18.1 Å². The lowest BCUT2D eigenvalue weighted by atomic mass is 10.1. The largest absolute Gasteiger partial charge is 0.353 e. The lowest BCUT2D eigenvalue weighted by Crippen LogP contribution is -2.54. The van der Waals surface area contributed by atoms with E-state index < -0.39 is 0 Å². The molecular weight excluding hydrogens is 216 g/mol. The molecule has 2 heterocycles. The Balaban J connectivity index is 2.43. The van der Waals surface area contributed by atoms with Crippen LogP contribution in [0.15, 0.2) is 12.3 Å². The van der Waals surface area contributed by atoms with Crippen LogP contribution in [0.3, 0.4) is 0 Å². The van der Waals surface area contributed by atoms with E-state index in [1.54, 1.807) is 12.3 Å². The number of aryl methyl sites for hydroxylation is 1. The number of aromatic nitrogens is 1. The van der Waals surface area contributed by atoms with Crippen molar-refractivity contribution in [3.8, 4) is 6.07 Å². The Morgan fingerprint density at radius 3 is 3.12 bits per heavy atom. The Morgan fingerprint density at radius 2 is 2.41 bits per heavy atom. The van der Waals surface area contributed by atoms with Gasteiger partial charge in [-0.3, -0.25) is 4.79 Å². The Bertz CT molecular complexity index is 492. The minimum absolute atomic E-state index is 0.0246. The number of piperazine rings is 1. The first-order chi connectivity index (χ1) is 8.15. The van der Waals surface area contributed by atoms with E-state index in [2.05, 4.69) is 16.4 Å². The molecule has 2 rings (SSSR count). The summed E-state index contributed by atoms with van der Waals surface area (Å²) in [6.45, 7) is 4.96. The molecular formula is C12H14N4O. The second-order valence-electron chi connectivity index (χ2n) is 4.10. The molecule has 1 unspecified atom stereocenters. The van der Waals surface area contributed by atoms with E-state index in [-0.39, 0.29) is 11.9 Å². The van der Waals surface area contributed by atoms with Gasteiger partial charge < -0.3 is 10.2 Å². The third-order valence-electron chi connectivity index (χ3n) is 3.02. The molecule has 0 spiro atoms. The summed E-state index contributed by atoms with van der Waals surface area (Å²) in [6.07, 6.45) is 1.67. The number of anilines is 1. The van der Waals surface area contributed by atoms with Gasteiger partial charge in [-0.25, -0.2) is 4.98 Å². The maximum absolute atomic E-state index is 11.6. The van der Waals surface area contributed by atoms with E-state index in [4.69, 9.17) is 5.26 Å². The average Bonchev–Trinajstić information content (AvgIpc) is 2.32. The SMILES string of the molecule is Cc1ccnc(N2CCNC(=O)C2C)c1C#N. The number of carbonyl (C=O) groups excluding carboxylic acids is 1. The van der Waals surface area contributed by atoms with Crippen molar-refractivity contribution in [2.24, 2.45) is 0 Å². The topological polar surface area (TPSA) is 69.0 Å². The number of hydrogen-bond donors (Lipinski definition) is 1. The van der Waals surface area contributed by atoms with Gasteiger partial charge in [-0.2, -0.15) is 5.26 Å². The molecule has 5 nitrogen and oxygen atoms in total. The summed E-state index contributed by atoms with van der Waals surface area (Å²) in [6, 6.07) is 3.68. The highest BCUT2D eigenvalue weighted by Crippen LogP contribution is 2.22. The number of amides is 1. The van der Waals surface area contributed by atoms with Gasteiger partial charge in [0.25, 0.3) is 0 Å². The first-order valence-electron chi connectivity index (χ1n) is 5.55. The Hall–Kier alpha value is -2.09. The quantitative estimate of drug-likeness (QED) is 0.766. The van der Waals surface area contributed by atoms with Crippen LogP contribution in [0.2, 0.25) is 0 Å². The van der Waals surface area contributed by atoms with Gasteiger partial charge in [0.1, 0.15) is 17.9 Å². The molecule has 0 bridgehead atoms. The molecule has 1 aromatic rings. The highest BCUT2D eigenvalue weighted by atomic mass is 16.2. The van der Waals surface area contributed by atoms with Crippen LogP contribution in [-0.2, 0) is 4.79 Å². The van der Waals surface area contributed by atoms with Gasteiger partial charge in [-0.05, 0) is 25.5 Å². The van der Waals surface area contributed by atoms with Crippen molar-refractivity contribution in [3.05, 3.63) is 23.4 Å². The zero-order valence-electron chi connectivity index (χ0n) is 9.90.